The number of non-ortho nitro benzene ring substituents is 2. The van der Waals surface area contributed by atoms with Gasteiger partial charge in [-0.05, 0) is 179 Å². The molecule has 0 radical (unpaired) electrons. The molecule has 6 aromatic heterocycles. The van der Waals surface area contributed by atoms with E-state index in [-0.39, 0.29) is 46.4 Å². The summed E-state index contributed by atoms with van der Waals surface area (Å²) in [4.78, 5) is 49.1. The zero-order valence-corrected chi connectivity index (χ0v) is 69.8. The molecule has 19 rings (SSSR count). The summed E-state index contributed by atoms with van der Waals surface area (Å²) >= 11 is 0. The number of methoxy groups -OCH3 is 6. The molecule has 8 heterocycles. The number of nitrogens with one attached hydrogen (secondary N) is 1. The maximum Gasteiger partial charge on any atom is 0.270 e. The predicted octanol–water partition coefficient (Wildman–Crippen LogP) is 21.8. The van der Waals surface area contributed by atoms with Gasteiger partial charge in [0.15, 0.2) is 34.6 Å². The Kier molecular flexibility index (Phi) is 25.4. The molecule has 624 valence electrons. The van der Waals surface area contributed by atoms with E-state index in [1.165, 1.54) is 6.07 Å². The molecule has 0 aliphatic carbocycles. The van der Waals surface area contributed by atoms with Gasteiger partial charge in [0.1, 0.15) is 46.6 Å². The minimum atomic E-state index is -0.385. The SMILES string of the molecule is CC(C)n1cc(C#N)c2cc3c(cc21)OCO3.CCn1cc(-c2ccccc2)c2cc([N+](=O)[O-])ccc21.CCn1cc(C(=O)c2cccc(OC)c2)c2cc(OC)ccc21.COc1ccc(-c2c[nH]c3ccc([N+](=O)[O-])cc23)cc1.COc1ccc(-n2cc(C#N)c3cc4c(cc32)OCO4)cc1.COc1ccc(-n2cc(C(C)=O)c3cc(OC)ccc32)cc1. The second-order valence-electron chi connectivity index (χ2n) is 28.7. The first-order valence-corrected chi connectivity index (χ1v) is 39.5. The number of hydrogen-bond acceptors (Lipinski definition) is 18. The van der Waals surface area contributed by atoms with Crippen LogP contribution in [-0.4, -0.2) is 105 Å². The van der Waals surface area contributed by atoms with Crippen LogP contribution < -0.4 is 47.4 Å². The van der Waals surface area contributed by atoms with Gasteiger partial charge in [-0.3, -0.25) is 29.8 Å². The molecule has 0 saturated heterocycles. The zero-order valence-electron chi connectivity index (χ0n) is 69.8. The van der Waals surface area contributed by atoms with Gasteiger partial charge in [0.25, 0.3) is 11.4 Å². The number of hydrogen-bond donors (Lipinski definition) is 1. The number of benzene rings is 11. The zero-order chi connectivity index (χ0) is 87.4. The number of nitro groups is 2. The average Bonchev–Trinajstić information content (AvgIpc) is 1.91. The molecule has 2 aliphatic heterocycles. The van der Waals surface area contributed by atoms with E-state index in [9.17, 15) is 35.1 Å². The van der Waals surface area contributed by atoms with Crippen molar-refractivity contribution in [3.63, 3.8) is 0 Å². The van der Waals surface area contributed by atoms with Gasteiger partial charge in [-0.15, -0.1) is 0 Å². The van der Waals surface area contributed by atoms with E-state index in [0.29, 0.717) is 51.1 Å². The molecule has 1 N–H and O–H groups in total. The molecule has 26 heteroatoms. The van der Waals surface area contributed by atoms with Crippen molar-refractivity contribution >= 4 is 88.4 Å². The molecule has 0 bridgehead atoms. The molecule has 124 heavy (non-hydrogen) atoms. The van der Waals surface area contributed by atoms with Crippen molar-refractivity contribution in [1.29, 1.82) is 10.5 Å². The topological polar surface area (TPSA) is 301 Å². The third-order valence-electron chi connectivity index (χ3n) is 21.3. The highest BCUT2D eigenvalue weighted by molar-refractivity contribution is 6.17. The fourth-order valence-electron chi connectivity index (χ4n) is 14.9. The van der Waals surface area contributed by atoms with Crippen LogP contribution in [0.5, 0.6) is 57.5 Å². The molecule has 2 aliphatic rings. The Balaban J connectivity index is 0.000000121. The summed E-state index contributed by atoms with van der Waals surface area (Å²) in [6.07, 6.45) is 11.4. The summed E-state index contributed by atoms with van der Waals surface area (Å²) in [6.45, 7) is 12.0. The van der Waals surface area contributed by atoms with Crippen molar-refractivity contribution in [2.45, 2.75) is 53.8 Å². The maximum absolute atomic E-state index is 12.9. The van der Waals surface area contributed by atoms with E-state index >= 15 is 0 Å². The van der Waals surface area contributed by atoms with Gasteiger partial charge in [0, 0.05) is 181 Å². The number of aromatic amines is 1. The molecule has 11 aromatic carbocycles. The summed E-state index contributed by atoms with van der Waals surface area (Å²) in [5.41, 5.74) is 15.2. The number of aryl methyl sites for hydroxylation is 2. The highest BCUT2D eigenvalue weighted by Gasteiger charge is 2.24. The first kappa shape index (κ1) is 84.2. The van der Waals surface area contributed by atoms with Crippen molar-refractivity contribution in [2.75, 3.05) is 56.2 Å². The molecule has 0 atom stereocenters. The fraction of sp³-hybridized carbons (Fsp3) is 0.163. The number of rotatable bonds is 18. The second kappa shape index (κ2) is 37.4. The Bertz CT molecular complexity index is 6920. The second-order valence-corrected chi connectivity index (χ2v) is 28.7. The van der Waals surface area contributed by atoms with Crippen LogP contribution in [0.2, 0.25) is 0 Å². The Morgan fingerprint density at radius 1 is 0.435 bits per heavy atom. The van der Waals surface area contributed by atoms with Crippen molar-refractivity contribution in [2.24, 2.45) is 0 Å². The number of ether oxygens (including phenoxy) is 10. The number of Topliss-reactive ketones (excluding diaryl/α,β-unsaturated/α-hetero) is 1. The van der Waals surface area contributed by atoms with Crippen molar-refractivity contribution in [3.05, 3.63) is 310 Å². The molecule has 0 fully saturated rings. The number of carbonyl (C=O) groups is 2. The van der Waals surface area contributed by atoms with Crippen LogP contribution in [0.1, 0.15) is 78.1 Å². The maximum atomic E-state index is 12.9. The molecule has 0 saturated carbocycles. The van der Waals surface area contributed by atoms with E-state index < -0.39 is 0 Å². The van der Waals surface area contributed by atoms with Gasteiger partial charge in [-0.1, -0.05) is 54.6 Å². The number of fused-ring (bicyclic) bond motifs is 8. The van der Waals surface area contributed by atoms with Crippen molar-refractivity contribution in [1.82, 2.24) is 27.8 Å². The van der Waals surface area contributed by atoms with Gasteiger partial charge in [0.2, 0.25) is 13.6 Å². The third-order valence-corrected chi connectivity index (χ3v) is 21.3. The van der Waals surface area contributed by atoms with E-state index in [2.05, 4.69) is 64.7 Å². The van der Waals surface area contributed by atoms with Crippen LogP contribution >= 0.6 is 0 Å². The fourth-order valence-corrected chi connectivity index (χ4v) is 14.9. The number of ketones is 2. The summed E-state index contributed by atoms with van der Waals surface area (Å²) in [7, 11) is 9.73. The molecule has 26 nitrogen and oxygen atoms in total. The van der Waals surface area contributed by atoms with Crippen LogP contribution in [0, 0.1) is 42.9 Å². The number of nitriles is 2. The highest BCUT2D eigenvalue weighted by atomic mass is 16.7. The molecular formula is C98H86N10O16. The quantitative estimate of drug-likeness (QED) is 0.0474. The van der Waals surface area contributed by atoms with E-state index in [1.807, 2.05) is 222 Å². The molecule has 0 amide bonds. The lowest BCUT2D eigenvalue weighted by Gasteiger charge is -2.09. The van der Waals surface area contributed by atoms with Gasteiger partial charge >= 0.3 is 0 Å². The monoisotopic (exact) mass is 1660 g/mol. The first-order chi connectivity index (χ1) is 60.2. The number of H-pyrrole nitrogens is 1. The highest BCUT2D eigenvalue weighted by Crippen LogP contribution is 2.42. The lowest BCUT2D eigenvalue weighted by Crippen LogP contribution is -2.01. The number of aromatic nitrogens is 6. The minimum absolute atomic E-state index is 0.0191. The molecular weight excluding hydrogens is 1570 g/mol. The third kappa shape index (κ3) is 17.6. The summed E-state index contributed by atoms with van der Waals surface area (Å²) in [5, 5.41) is 45.7. The van der Waals surface area contributed by atoms with Gasteiger partial charge in [0.05, 0.1) is 80.2 Å². The van der Waals surface area contributed by atoms with E-state index in [1.54, 1.807) is 86.0 Å². The summed E-state index contributed by atoms with van der Waals surface area (Å²) < 4.78 is 63.0. The predicted molar refractivity (Wildman–Crippen MR) is 477 cm³/mol. The average molecular weight is 1660 g/mol. The van der Waals surface area contributed by atoms with Gasteiger partial charge < -0.3 is 75.2 Å². The van der Waals surface area contributed by atoms with Gasteiger partial charge in [-0.25, -0.2) is 0 Å². The van der Waals surface area contributed by atoms with Gasteiger partial charge in [-0.2, -0.15) is 10.5 Å². The summed E-state index contributed by atoms with van der Waals surface area (Å²) in [6, 6.07) is 73.9. The van der Waals surface area contributed by atoms with Crippen LogP contribution in [0.3, 0.4) is 0 Å². The summed E-state index contributed by atoms with van der Waals surface area (Å²) in [5.74, 6) is 7.38. The molecule has 0 spiro atoms. The minimum Gasteiger partial charge on any atom is -0.497 e. The smallest absolute Gasteiger partial charge is 0.270 e. The Morgan fingerprint density at radius 3 is 1.44 bits per heavy atom. The Morgan fingerprint density at radius 2 is 0.895 bits per heavy atom. The first-order valence-electron chi connectivity index (χ1n) is 39.5. The number of nitrogens with zero attached hydrogens (tertiary/aromatic N) is 9. The van der Waals surface area contributed by atoms with Crippen LogP contribution in [0.25, 0.3) is 99.0 Å². The van der Waals surface area contributed by atoms with E-state index in [4.69, 9.17) is 52.6 Å². The Labute approximate surface area is 712 Å². The lowest BCUT2D eigenvalue weighted by molar-refractivity contribution is -0.384. The lowest BCUT2D eigenvalue weighted by atomic mass is 10.0. The molecule has 17 aromatic rings. The van der Waals surface area contributed by atoms with E-state index in [0.717, 1.165) is 152 Å². The van der Waals surface area contributed by atoms with Crippen molar-refractivity contribution in [3.8, 4) is 103 Å². The number of nitro benzene ring substituents is 2. The standard InChI is InChI=1S/C19H19NO3.C18H17NO3.C17H12N2O3.C16H14N2O2.C15H12N2O3.C13H12N2O2/c1-4-20-12-17(16-11-15(23-3)8-9-18(16)20)19(21)13-6-5-7-14(10-13)22-2;1-12(20)17-11-19(13-4-6-14(21-2)7-5-13)18-9-8-15(22-3)10-16(17)18;1-20-13-4-2-12(3-5-13)19-9-11(8-18)14-6-16-17(7-15(14)19)22-10-21-16;1-2-17-11-15(12-6-4-3-5-7-12)14-10-13(18(19)20)8-9-16(14)17;1-20-12-5-2-10(3-6-12)14-9-16-15-7-4-11(17(18)19)8-13(14)15;1-8(2)15-6-9(5-14)10-3-12-13(4-11(10)15)17-7-16-12/h5-12H,4H2,1-3H3;4-11H,1-3H3;2-7,9H,10H2,1H3;3-11H,2H2,1H3;2-9,16H,1H3;3-4,6,8H,7H2,1-2H3. The van der Waals surface area contributed by atoms with Crippen LogP contribution in [0.15, 0.2) is 262 Å². The Hall–Kier alpha value is -16.2. The van der Waals surface area contributed by atoms with Crippen molar-refractivity contribution < 1.29 is 66.8 Å². The molecule has 0 unspecified atom stereocenters. The van der Waals surface area contributed by atoms with Crippen LogP contribution in [-0.2, 0) is 13.1 Å². The largest absolute Gasteiger partial charge is 0.497 e. The number of carbonyl (C=O) groups excluding carboxylic acids is 2. The normalized spacial score (nSPS) is 11.4. The van der Waals surface area contributed by atoms with Crippen LogP contribution in [0.4, 0.5) is 11.4 Å².